The van der Waals surface area contributed by atoms with E-state index in [9.17, 15) is 4.79 Å². The van der Waals surface area contributed by atoms with Crippen LogP contribution in [0.5, 0.6) is 0 Å². The van der Waals surface area contributed by atoms with Crippen molar-refractivity contribution >= 4 is 18.0 Å². The van der Waals surface area contributed by atoms with Crippen molar-refractivity contribution in [3.05, 3.63) is 95.6 Å². The Labute approximate surface area is 148 Å². The van der Waals surface area contributed by atoms with Gasteiger partial charge in [-0.1, -0.05) is 78.9 Å². The zero-order valence-electron chi connectivity index (χ0n) is 13.7. The van der Waals surface area contributed by atoms with E-state index in [0.717, 1.165) is 24.9 Å². The lowest BCUT2D eigenvalue weighted by Crippen LogP contribution is -2.27. The van der Waals surface area contributed by atoms with E-state index < -0.39 is 0 Å². The fraction of sp³-hybridized carbons (Fsp3) is 0.227. The summed E-state index contributed by atoms with van der Waals surface area (Å²) in [4.78, 5) is 10.9. The predicted octanol–water partition coefficient (Wildman–Crippen LogP) is 5.53. The molecule has 2 aromatic carbocycles. The van der Waals surface area contributed by atoms with Crippen LogP contribution in [0.25, 0.3) is 0 Å². The van der Waals surface area contributed by atoms with Gasteiger partial charge in [-0.05, 0) is 29.5 Å². The molecule has 0 atom stereocenters. The lowest BCUT2D eigenvalue weighted by molar-refractivity contribution is -0.107. The number of benzene rings is 2. The molecule has 1 aliphatic carbocycles. The summed E-state index contributed by atoms with van der Waals surface area (Å²) >= 11 is 1.86. The molecule has 0 aromatic heterocycles. The van der Waals surface area contributed by atoms with Crippen molar-refractivity contribution in [1.82, 2.24) is 0 Å². The monoisotopic (exact) mass is 334 g/mol. The van der Waals surface area contributed by atoms with Crippen LogP contribution in [0, 0.1) is 0 Å². The van der Waals surface area contributed by atoms with Gasteiger partial charge in [-0.15, -0.1) is 11.8 Å². The second-order valence-electron chi connectivity index (χ2n) is 5.86. The smallest absolute Gasteiger partial charge is 0.120 e. The van der Waals surface area contributed by atoms with E-state index in [-0.39, 0.29) is 4.75 Å². The summed E-state index contributed by atoms with van der Waals surface area (Å²) in [6.45, 7) is 0. The van der Waals surface area contributed by atoms with E-state index in [1.165, 1.54) is 16.7 Å². The maximum Gasteiger partial charge on any atom is 0.120 e. The quantitative estimate of drug-likeness (QED) is 0.489. The second-order valence-corrected chi connectivity index (χ2v) is 7.17. The van der Waals surface area contributed by atoms with Crippen molar-refractivity contribution in [2.45, 2.75) is 24.0 Å². The number of carbonyl (C=O) groups excluding carboxylic acids is 1. The van der Waals surface area contributed by atoms with Crippen molar-refractivity contribution in [3.8, 4) is 0 Å². The molecule has 3 rings (SSSR count). The third kappa shape index (κ3) is 3.39. The molecule has 1 aliphatic rings. The Bertz CT molecular complexity index is 677. The van der Waals surface area contributed by atoms with E-state index in [0.29, 0.717) is 6.42 Å². The second kappa shape index (κ2) is 8.16. The molecule has 0 heterocycles. The summed E-state index contributed by atoms with van der Waals surface area (Å²) in [6.07, 6.45) is 10.6. The Morgan fingerprint density at radius 3 is 2.04 bits per heavy atom. The number of allylic oxidation sites excluding steroid dienone is 3. The van der Waals surface area contributed by atoms with Crippen molar-refractivity contribution in [2.75, 3.05) is 5.75 Å². The lowest BCUT2D eigenvalue weighted by Gasteiger charge is -2.37. The fourth-order valence-corrected chi connectivity index (χ4v) is 4.67. The molecule has 0 N–H and O–H groups in total. The van der Waals surface area contributed by atoms with Gasteiger partial charge in [0, 0.05) is 12.2 Å². The predicted molar refractivity (Wildman–Crippen MR) is 103 cm³/mol. The Morgan fingerprint density at radius 1 is 0.917 bits per heavy atom. The average Bonchev–Trinajstić information content (AvgIpc) is 2.68. The van der Waals surface area contributed by atoms with Crippen LogP contribution in [-0.4, -0.2) is 12.0 Å². The molecule has 0 aliphatic heterocycles. The number of aldehydes is 1. The van der Waals surface area contributed by atoms with E-state index >= 15 is 0 Å². The van der Waals surface area contributed by atoms with Crippen LogP contribution in [-0.2, 0) is 9.54 Å². The van der Waals surface area contributed by atoms with E-state index in [1.807, 2.05) is 11.8 Å². The molecular formula is C22H22OS. The molecule has 0 fully saturated rings. The summed E-state index contributed by atoms with van der Waals surface area (Å²) in [5.41, 5.74) is 3.86. The molecule has 0 unspecified atom stereocenters. The Morgan fingerprint density at radius 2 is 1.54 bits per heavy atom. The van der Waals surface area contributed by atoms with E-state index in [2.05, 4.69) is 78.9 Å². The third-order valence-electron chi connectivity index (χ3n) is 4.32. The molecular weight excluding hydrogens is 312 g/mol. The fourth-order valence-electron chi connectivity index (χ4n) is 3.23. The SMILES string of the molecule is O=CCCSC(C1=CCCC=C1)(c1ccccc1)c1ccccc1. The molecule has 2 heteroatoms. The minimum atomic E-state index is -0.261. The highest BCUT2D eigenvalue weighted by Crippen LogP contribution is 2.50. The molecule has 0 spiro atoms. The molecule has 0 radical (unpaired) electrons. The van der Waals surface area contributed by atoms with Crippen molar-refractivity contribution < 1.29 is 4.79 Å². The molecule has 1 nitrogen and oxygen atoms in total. The van der Waals surface area contributed by atoms with Gasteiger partial charge in [0.05, 0.1) is 4.75 Å². The highest BCUT2D eigenvalue weighted by Gasteiger charge is 2.37. The first-order valence-corrected chi connectivity index (χ1v) is 9.42. The number of carbonyl (C=O) groups is 1. The molecule has 2 aromatic rings. The van der Waals surface area contributed by atoms with E-state index in [4.69, 9.17) is 0 Å². The zero-order valence-corrected chi connectivity index (χ0v) is 14.5. The van der Waals surface area contributed by atoms with Crippen LogP contribution in [0.4, 0.5) is 0 Å². The Balaban J connectivity index is 2.17. The van der Waals surface area contributed by atoms with Gasteiger partial charge < -0.3 is 4.79 Å². The van der Waals surface area contributed by atoms with Gasteiger partial charge in [0.25, 0.3) is 0 Å². The van der Waals surface area contributed by atoms with E-state index in [1.54, 1.807) is 0 Å². The van der Waals surface area contributed by atoms with Crippen LogP contribution < -0.4 is 0 Å². The van der Waals surface area contributed by atoms with Crippen LogP contribution in [0.2, 0.25) is 0 Å². The first kappa shape index (κ1) is 16.8. The lowest BCUT2D eigenvalue weighted by atomic mass is 9.81. The van der Waals surface area contributed by atoms with Crippen LogP contribution in [0.1, 0.15) is 30.4 Å². The maximum atomic E-state index is 10.9. The standard InChI is InChI=1S/C22H22OS/c23-17-10-18-24-22(19-11-4-1-5-12-19,20-13-6-2-7-14-20)21-15-8-3-9-16-21/h1-2,4-8,11-17H,3,9-10,18H2. The number of hydrogen-bond donors (Lipinski definition) is 0. The van der Waals surface area contributed by atoms with Crippen LogP contribution in [0.3, 0.4) is 0 Å². The van der Waals surface area contributed by atoms with Crippen molar-refractivity contribution in [3.63, 3.8) is 0 Å². The van der Waals surface area contributed by atoms with Crippen LogP contribution in [0.15, 0.2) is 84.5 Å². The van der Waals surface area contributed by atoms with Gasteiger partial charge in [-0.3, -0.25) is 0 Å². The number of rotatable bonds is 7. The summed E-state index contributed by atoms with van der Waals surface area (Å²) in [7, 11) is 0. The molecule has 0 amide bonds. The van der Waals surface area contributed by atoms with Gasteiger partial charge in [0.15, 0.2) is 0 Å². The zero-order chi connectivity index (χ0) is 16.7. The highest BCUT2D eigenvalue weighted by molar-refractivity contribution is 8.00. The molecule has 0 bridgehead atoms. The summed E-state index contributed by atoms with van der Waals surface area (Å²) in [6, 6.07) is 21.3. The van der Waals surface area contributed by atoms with Crippen molar-refractivity contribution in [1.29, 1.82) is 0 Å². The van der Waals surface area contributed by atoms with Crippen LogP contribution >= 0.6 is 11.8 Å². The first-order valence-electron chi connectivity index (χ1n) is 8.44. The Kier molecular flexibility index (Phi) is 5.71. The highest BCUT2D eigenvalue weighted by atomic mass is 32.2. The first-order chi connectivity index (χ1) is 11.9. The molecule has 122 valence electrons. The number of hydrogen-bond acceptors (Lipinski definition) is 2. The molecule has 24 heavy (non-hydrogen) atoms. The third-order valence-corrected chi connectivity index (χ3v) is 5.90. The minimum absolute atomic E-state index is 0.261. The normalized spacial score (nSPS) is 14.2. The van der Waals surface area contributed by atoms with Gasteiger partial charge >= 0.3 is 0 Å². The van der Waals surface area contributed by atoms with Gasteiger partial charge in [-0.25, -0.2) is 0 Å². The van der Waals surface area contributed by atoms with Gasteiger partial charge in [0.2, 0.25) is 0 Å². The van der Waals surface area contributed by atoms with Gasteiger partial charge in [0.1, 0.15) is 6.29 Å². The summed E-state index contributed by atoms with van der Waals surface area (Å²) < 4.78 is -0.261. The molecule has 0 saturated heterocycles. The topological polar surface area (TPSA) is 17.1 Å². The maximum absolute atomic E-state index is 10.9. The minimum Gasteiger partial charge on any atom is -0.303 e. The summed E-state index contributed by atoms with van der Waals surface area (Å²) in [5.74, 6) is 0.804. The average molecular weight is 334 g/mol. The molecule has 0 saturated carbocycles. The number of thioether (sulfide) groups is 1. The van der Waals surface area contributed by atoms with Gasteiger partial charge in [-0.2, -0.15) is 0 Å². The Hall–Kier alpha value is -2.06. The summed E-state index contributed by atoms with van der Waals surface area (Å²) in [5, 5.41) is 0. The largest absolute Gasteiger partial charge is 0.303 e. The van der Waals surface area contributed by atoms with Crippen molar-refractivity contribution in [2.24, 2.45) is 0 Å².